The van der Waals surface area contributed by atoms with Crippen molar-refractivity contribution >= 4 is 23.3 Å². The third-order valence-corrected chi connectivity index (χ3v) is 4.26. The Morgan fingerprint density at radius 2 is 1.92 bits per heavy atom. The van der Waals surface area contributed by atoms with Gasteiger partial charge >= 0.3 is 6.09 Å². The average Bonchev–Trinajstić information content (AvgIpc) is 2.93. The summed E-state index contributed by atoms with van der Waals surface area (Å²) in [5.41, 5.74) is 0.698. The number of hydrogen-bond donors (Lipinski definition) is 1. The summed E-state index contributed by atoms with van der Waals surface area (Å²) >= 11 is 0. The highest BCUT2D eigenvalue weighted by molar-refractivity contribution is 5.83. The number of benzene rings is 1. The van der Waals surface area contributed by atoms with Crippen LogP contribution in [0.25, 0.3) is 10.9 Å². The fourth-order valence-corrected chi connectivity index (χ4v) is 2.57. The number of carbonyl (C=O) groups excluding carboxylic acids is 2. The van der Waals surface area contributed by atoms with Crippen molar-refractivity contribution in [2.24, 2.45) is 0 Å². The number of ether oxygens (including phenoxy) is 1. The number of aromatic nitrogens is 1. The zero-order valence-corrected chi connectivity index (χ0v) is 15.1. The van der Waals surface area contributed by atoms with Crippen molar-refractivity contribution in [3.63, 3.8) is 0 Å². The predicted octanol–water partition coefficient (Wildman–Crippen LogP) is 3.93. The third-order valence-electron chi connectivity index (χ3n) is 4.26. The molecule has 0 fully saturated rings. The van der Waals surface area contributed by atoms with Crippen LogP contribution in [0.15, 0.2) is 30.5 Å². The first kappa shape index (κ1) is 18.0. The quantitative estimate of drug-likeness (QED) is 0.845. The lowest BCUT2D eigenvalue weighted by Crippen LogP contribution is -2.50. The molecule has 1 N–H and O–H groups in total. The summed E-state index contributed by atoms with van der Waals surface area (Å²) in [6, 6.07) is 8.04. The van der Waals surface area contributed by atoms with Crippen LogP contribution in [-0.2, 0) is 16.0 Å². The van der Waals surface area contributed by atoms with Crippen LogP contribution in [0, 0.1) is 0 Å². The van der Waals surface area contributed by atoms with E-state index in [0.717, 1.165) is 22.8 Å². The van der Waals surface area contributed by atoms with Crippen molar-refractivity contribution in [2.45, 2.75) is 51.7 Å². The fourth-order valence-electron chi connectivity index (χ4n) is 2.57. The lowest BCUT2D eigenvalue weighted by Gasteiger charge is -2.35. The number of likely N-dealkylation sites (N-methyl/N-ethyl adjacent to an activating group) is 1. The van der Waals surface area contributed by atoms with E-state index in [1.165, 1.54) is 4.90 Å². The van der Waals surface area contributed by atoms with E-state index in [1.54, 1.807) is 14.0 Å². The number of aryl methyl sites for hydroxylation is 1. The molecule has 0 saturated carbocycles. The van der Waals surface area contributed by atoms with Crippen LogP contribution in [-0.4, -0.2) is 40.5 Å². The molecule has 0 radical (unpaired) electrons. The third kappa shape index (κ3) is 3.96. The molecule has 1 aromatic heterocycles. The summed E-state index contributed by atoms with van der Waals surface area (Å²) in [4.78, 5) is 28.6. The Labute approximate surface area is 143 Å². The Bertz CT molecular complexity index is 730. The summed E-state index contributed by atoms with van der Waals surface area (Å²) in [6.45, 7) is 7.19. The summed E-state index contributed by atoms with van der Waals surface area (Å²) < 4.78 is 5.38. The minimum atomic E-state index is -0.916. The van der Waals surface area contributed by atoms with Gasteiger partial charge in [-0.05, 0) is 52.2 Å². The molecule has 0 spiro atoms. The maximum absolute atomic E-state index is 12.3. The maximum atomic E-state index is 12.3. The standard InChI is InChI=1S/C19H26N2O3/c1-18(2,3)24-17(23)21(5)19(4,13-22)11-10-14-12-20-16-9-7-6-8-15(14)16/h6-9,12-13,20H,10-11H2,1-5H3. The molecule has 0 aliphatic carbocycles. The van der Waals surface area contributed by atoms with Gasteiger partial charge in [-0.3, -0.25) is 4.90 Å². The van der Waals surface area contributed by atoms with E-state index >= 15 is 0 Å². The van der Waals surface area contributed by atoms with Gasteiger partial charge in [0, 0.05) is 24.1 Å². The molecule has 2 aromatic rings. The number of aromatic amines is 1. The Morgan fingerprint density at radius 1 is 1.25 bits per heavy atom. The van der Waals surface area contributed by atoms with Gasteiger partial charge < -0.3 is 14.5 Å². The molecular weight excluding hydrogens is 304 g/mol. The van der Waals surface area contributed by atoms with Gasteiger partial charge in [-0.25, -0.2) is 4.79 Å². The van der Waals surface area contributed by atoms with Gasteiger partial charge in [0.1, 0.15) is 11.9 Å². The lowest BCUT2D eigenvalue weighted by atomic mass is 9.93. The Hall–Kier alpha value is -2.30. The van der Waals surface area contributed by atoms with Gasteiger partial charge in [-0.15, -0.1) is 0 Å². The normalized spacial score (nSPS) is 14.2. The van der Waals surface area contributed by atoms with Gasteiger partial charge in [0.05, 0.1) is 5.54 Å². The zero-order valence-electron chi connectivity index (χ0n) is 15.1. The largest absolute Gasteiger partial charge is 0.444 e. The molecule has 2 rings (SSSR count). The van der Waals surface area contributed by atoms with E-state index < -0.39 is 17.2 Å². The van der Waals surface area contributed by atoms with E-state index in [4.69, 9.17) is 4.74 Å². The first-order valence-electron chi connectivity index (χ1n) is 8.14. The number of hydrogen-bond acceptors (Lipinski definition) is 3. The second-order valence-corrected chi connectivity index (χ2v) is 7.37. The van der Waals surface area contributed by atoms with E-state index in [0.29, 0.717) is 12.8 Å². The van der Waals surface area contributed by atoms with Crippen LogP contribution in [0.1, 0.15) is 39.7 Å². The van der Waals surface area contributed by atoms with Crippen molar-refractivity contribution < 1.29 is 14.3 Å². The van der Waals surface area contributed by atoms with Crippen LogP contribution in [0.2, 0.25) is 0 Å². The summed E-state index contributed by atoms with van der Waals surface area (Å²) in [5, 5.41) is 1.14. The minimum Gasteiger partial charge on any atom is -0.444 e. The maximum Gasteiger partial charge on any atom is 0.410 e. The molecule has 1 heterocycles. The monoisotopic (exact) mass is 330 g/mol. The molecule has 24 heavy (non-hydrogen) atoms. The number of H-pyrrole nitrogens is 1. The highest BCUT2D eigenvalue weighted by Crippen LogP contribution is 2.25. The molecule has 130 valence electrons. The van der Waals surface area contributed by atoms with Crippen molar-refractivity contribution in [2.75, 3.05) is 7.05 Å². The fraction of sp³-hybridized carbons (Fsp3) is 0.474. The first-order chi connectivity index (χ1) is 11.2. The Morgan fingerprint density at radius 3 is 2.54 bits per heavy atom. The number of fused-ring (bicyclic) bond motifs is 1. The van der Waals surface area contributed by atoms with Gasteiger partial charge in [0.15, 0.2) is 0 Å². The van der Waals surface area contributed by atoms with Crippen molar-refractivity contribution in [3.05, 3.63) is 36.0 Å². The second-order valence-electron chi connectivity index (χ2n) is 7.37. The minimum absolute atomic E-state index is 0.490. The van der Waals surface area contributed by atoms with E-state index in [9.17, 15) is 9.59 Å². The zero-order chi connectivity index (χ0) is 18.0. The van der Waals surface area contributed by atoms with Crippen LogP contribution in [0.3, 0.4) is 0 Å². The molecule has 0 aliphatic heterocycles. The second kappa shape index (κ2) is 6.67. The molecule has 1 aromatic carbocycles. The predicted molar refractivity (Wildman–Crippen MR) is 95.1 cm³/mol. The molecule has 0 saturated heterocycles. The molecule has 0 bridgehead atoms. The highest BCUT2D eigenvalue weighted by atomic mass is 16.6. The van der Waals surface area contributed by atoms with E-state index in [-0.39, 0.29) is 0 Å². The molecule has 5 heteroatoms. The molecule has 1 amide bonds. The van der Waals surface area contributed by atoms with Crippen molar-refractivity contribution in [1.29, 1.82) is 0 Å². The van der Waals surface area contributed by atoms with Crippen LogP contribution < -0.4 is 0 Å². The summed E-state index contributed by atoms with van der Waals surface area (Å²) in [6.07, 6.45) is 3.51. The first-order valence-corrected chi connectivity index (χ1v) is 8.14. The number of nitrogens with one attached hydrogen (secondary N) is 1. The highest BCUT2D eigenvalue weighted by Gasteiger charge is 2.34. The number of rotatable bonds is 5. The van der Waals surface area contributed by atoms with Gasteiger partial charge in [-0.1, -0.05) is 18.2 Å². The van der Waals surface area contributed by atoms with Crippen molar-refractivity contribution in [1.82, 2.24) is 9.88 Å². The summed E-state index contributed by atoms with van der Waals surface area (Å²) in [7, 11) is 1.61. The van der Waals surface area contributed by atoms with Crippen LogP contribution >= 0.6 is 0 Å². The SMILES string of the molecule is CN(C(=O)OC(C)(C)C)C(C)(C=O)CCc1c[nH]c2ccccc12. The summed E-state index contributed by atoms with van der Waals surface area (Å²) in [5.74, 6) is 0. The molecule has 1 atom stereocenters. The number of carbonyl (C=O) groups is 2. The number of nitrogens with zero attached hydrogens (tertiary/aromatic N) is 1. The van der Waals surface area contributed by atoms with E-state index in [2.05, 4.69) is 11.1 Å². The molecule has 0 aliphatic rings. The topological polar surface area (TPSA) is 62.4 Å². The number of aldehydes is 1. The Balaban J connectivity index is 2.12. The van der Waals surface area contributed by atoms with E-state index in [1.807, 2.05) is 45.2 Å². The number of amides is 1. The molecule has 1 unspecified atom stereocenters. The van der Waals surface area contributed by atoms with Crippen molar-refractivity contribution in [3.8, 4) is 0 Å². The van der Waals surface area contributed by atoms with Gasteiger partial charge in [0.25, 0.3) is 0 Å². The van der Waals surface area contributed by atoms with Gasteiger partial charge in [-0.2, -0.15) is 0 Å². The smallest absolute Gasteiger partial charge is 0.410 e. The number of para-hydroxylation sites is 1. The average molecular weight is 330 g/mol. The molecular formula is C19H26N2O3. The van der Waals surface area contributed by atoms with Crippen LogP contribution in [0.5, 0.6) is 0 Å². The molecule has 5 nitrogen and oxygen atoms in total. The van der Waals surface area contributed by atoms with Gasteiger partial charge in [0.2, 0.25) is 0 Å². The van der Waals surface area contributed by atoms with Crippen LogP contribution in [0.4, 0.5) is 4.79 Å². The lowest BCUT2D eigenvalue weighted by molar-refractivity contribution is -0.117. The Kier molecular flexibility index (Phi) is 5.02.